The van der Waals surface area contributed by atoms with E-state index in [-0.39, 0.29) is 5.88 Å². The number of ether oxygens (including phenoxy) is 1. The Bertz CT molecular complexity index is 533. The molecule has 1 aromatic rings. The van der Waals surface area contributed by atoms with Gasteiger partial charge in [-0.2, -0.15) is 13.2 Å². The Hall–Kier alpha value is -1.99. The second-order valence-electron chi connectivity index (χ2n) is 5.30. The van der Waals surface area contributed by atoms with E-state index in [0.29, 0.717) is 24.5 Å². The van der Waals surface area contributed by atoms with Crippen LogP contribution in [0.25, 0.3) is 0 Å². The molecule has 0 radical (unpaired) electrons. The lowest BCUT2D eigenvalue weighted by Gasteiger charge is -2.12. The van der Waals surface area contributed by atoms with Crippen LogP contribution in [0.2, 0.25) is 0 Å². The lowest BCUT2D eigenvalue weighted by molar-refractivity contribution is -0.154. The molecule has 1 aliphatic carbocycles. The molecule has 5 nitrogen and oxygen atoms in total. The molecular formula is C14H19F3N4O. The van der Waals surface area contributed by atoms with Crippen LogP contribution in [0.1, 0.15) is 18.9 Å². The SMILES string of the molecule is CN=C(NCc1ccnc(OCC(F)(F)F)c1)NC1CC1C. The summed E-state index contributed by atoms with van der Waals surface area (Å²) in [5, 5.41) is 6.37. The number of halogens is 3. The maximum absolute atomic E-state index is 12.1. The van der Waals surface area contributed by atoms with Gasteiger partial charge < -0.3 is 15.4 Å². The normalized spacial score (nSPS) is 21.4. The van der Waals surface area contributed by atoms with Gasteiger partial charge in [-0.05, 0) is 24.0 Å². The number of nitrogens with one attached hydrogen (secondary N) is 2. The van der Waals surface area contributed by atoms with Crippen LogP contribution < -0.4 is 15.4 Å². The van der Waals surface area contributed by atoms with Gasteiger partial charge >= 0.3 is 6.18 Å². The summed E-state index contributed by atoms with van der Waals surface area (Å²) >= 11 is 0. The van der Waals surface area contributed by atoms with E-state index >= 15 is 0 Å². The number of nitrogens with zero attached hydrogens (tertiary/aromatic N) is 2. The number of rotatable bonds is 5. The van der Waals surface area contributed by atoms with Crippen molar-refractivity contribution >= 4 is 5.96 Å². The zero-order valence-corrected chi connectivity index (χ0v) is 12.4. The third kappa shape index (κ3) is 5.42. The first-order chi connectivity index (χ1) is 10.4. The first-order valence-electron chi connectivity index (χ1n) is 6.99. The number of aromatic nitrogens is 1. The molecule has 8 heteroatoms. The van der Waals surface area contributed by atoms with Crippen molar-refractivity contribution in [1.82, 2.24) is 15.6 Å². The summed E-state index contributed by atoms with van der Waals surface area (Å²) in [4.78, 5) is 7.87. The van der Waals surface area contributed by atoms with Gasteiger partial charge in [0.15, 0.2) is 12.6 Å². The zero-order valence-electron chi connectivity index (χ0n) is 12.4. The highest BCUT2D eigenvalue weighted by molar-refractivity contribution is 5.80. The Balaban J connectivity index is 1.84. The summed E-state index contributed by atoms with van der Waals surface area (Å²) in [6, 6.07) is 3.63. The number of alkyl halides is 3. The van der Waals surface area contributed by atoms with E-state index in [1.807, 2.05) is 0 Å². The standard InChI is InChI=1S/C14H19F3N4O/c1-9-5-11(9)21-13(18-2)20-7-10-3-4-19-12(6-10)22-8-14(15,16)17/h3-4,6,9,11H,5,7-8H2,1-2H3,(H2,18,20,21). The molecule has 2 unspecified atom stereocenters. The van der Waals surface area contributed by atoms with Crippen molar-refractivity contribution in [3.8, 4) is 5.88 Å². The molecule has 0 aromatic carbocycles. The van der Waals surface area contributed by atoms with Crippen LogP contribution >= 0.6 is 0 Å². The first kappa shape index (κ1) is 16.4. The van der Waals surface area contributed by atoms with Gasteiger partial charge in [0.2, 0.25) is 5.88 Å². The Morgan fingerprint density at radius 1 is 1.50 bits per heavy atom. The van der Waals surface area contributed by atoms with Gasteiger partial charge in [0.05, 0.1) is 0 Å². The number of hydrogen-bond donors (Lipinski definition) is 2. The fourth-order valence-corrected chi connectivity index (χ4v) is 1.87. The Kier molecular flexibility index (Phi) is 5.10. The third-order valence-electron chi connectivity index (χ3n) is 3.30. The molecule has 1 heterocycles. The van der Waals surface area contributed by atoms with E-state index in [1.54, 1.807) is 13.1 Å². The lowest BCUT2D eigenvalue weighted by atomic mass is 10.2. The van der Waals surface area contributed by atoms with Gasteiger partial charge in [-0.1, -0.05) is 6.92 Å². The van der Waals surface area contributed by atoms with Crippen molar-refractivity contribution in [2.24, 2.45) is 10.9 Å². The minimum absolute atomic E-state index is 0.0459. The van der Waals surface area contributed by atoms with Gasteiger partial charge in [-0.15, -0.1) is 0 Å². The van der Waals surface area contributed by atoms with Crippen LogP contribution in [0.4, 0.5) is 13.2 Å². The highest BCUT2D eigenvalue weighted by Gasteiger charge is 2.33. The molecular weight excluding hydrogens is 297 g/mol. The van der Waals surface area contributed by atoms with Gasteiger partial charge in [-0.25, -0.2) is 4.98 Å². The molecule has 0 amide bonds. The van der Waals surface area contributed by atoms with Crippen molar-refractivity contribution in [2.75, 3.05) is 13.7 Å². The highest BCUT2D eigenvalue weighted by Crippen LogP contribution is 2.28. The molecule has 1 saturated carbocycles. The number of aliphatic imine (C=N–C) groups is 1. The zero-order chi connectivity index (χ0) is 16.2. The van der Waals surface area contributed by atoms with Crippen LogP contribution in [0, 0.1) is 5.92 Å². The van der Waals surface area contributed by atoms with Crippen molar-refractivity contribution in [3.05, 3.63) is 23.9 Å². The quantitative estimate of drug-likeness (QED) is 0.645. The molecule has 2 rings (SSSR count). The second kappa shape index (κ2) is 6.85. The second-order valence-corrected chi connectivity index (χ2v) is 5.30. The fourth-order valence-electron chi connectivity index (χ4n) is 1.87. The van der Waals surface area contributed by atoms with E-state index in [2.05, 4.69) is 32.3 Å². The average Bonchev–Trinajstić information content (AvgIpc) is 3.16. The maximum atomic E-state index is 12.1. The van der Waals surface area contributed by atoms with Crippen molar-refractivity contribution in [2.45, 2.75) is 32.1 Å². The van der Waals surface area contributed by atoms with E-state index in [1.165, 1.54) is 12.3 Å². The Labute approximate surface area is 127 Å². The van der Waals surface area contributed by atoms with Crippen LogP contribution in [-0.4, -0.2) is 36.8 Å². The minimum atomic E-state index is -4.37. The molecule has 2 N–H and O–H groups in total. The molecule has 0 spiro atoms. The average molecular weight is 316 g/mol. The Morgan fingerprint density at radius 2 is 2.23 bits per heavy atom. The number of guanidine groups is 1. The monoisotopic (exact) mass is 316 g/mol. The van der Waals surface area contributed by atoms with E-state index in [9.17, 15) is 13.2 Å². The summed E-state index contributed by atoms with van der Waals surface area (Å²) < 4.78 is 41.0. The van der Waals surface area contributed by atoms with E-state index in [4.69, 9.17) is 0 Å². The first-order valence-corrected chi connectivity index (χ1v) is 6.99. The molecule has 1 fully saturated rings. The molecule has 122 valence electrons. The van der Waals surface area contributed by atoms with Gasteiger partial charge in [-0.3, -0.25) is 4.99 Å². The van der Waals surface area contributed by atoms with Gasteiger partial charge in [0, 0.05) is 31.9 Å². The van der Waals surface area contributed by atoms with Crippen LogP contribution in [0.5, 0.6) is 5.88 Å². The van der Waals surface area contributed by atoms with E-state index < -0.39 is 12.8 Å². The molecule has 1 aromatic heterocycles. The van der Waals surface area contributed by atoms with Crippen LogP contribution in [-0.2, 0) is 6.54 Å². The molecule has 2 atom stereocenters. The smallest absolute Gasteiger partial charge is 0.422 e. The largest absolute Gasteiger partial charge is 0.468 e. The number of pyridine rings is 1. The lowest BCUT2D eigenvalue weighted by Crippen LogP contribution is -2.38. The molecule has 22 heavy (non-hydrogen) atoms. The predicted molar refractivity (Wildman–Crippen MR) is 76.7 cm³/mol. The number of hydrogen-bond acceptors (Lipinski definition) is 3. The van der Waals surface area contributed by atoms with E-state index in [0.717, 1.165) is 12.0 Å². The maximum Gasteiger partial charge on any atom is 0.422 e. The molecule has 0 bridgehead atoms. The van der Waals surface area contributed by atoms with Gasteiger partial charge in [0.25, 0.3) is 0 Å². The molecule has 1 aliphatic rings. The predicted octanol–water partition coefficient (Wildman–Crippen LogP) is 2.10. The van der Waals surface area contributed by atoms with Crippen molar-refractivity contribution < 1.29 is 17.9 Å². The van der Waals surface area contributed by atoms with Crippen LogP contribution in [0.3, 0.4) is 0 Å². The van der Waals surface area contributed by atoms with Crippen molar-refractivity contribution in [1.29, 1.82) is 0 Å². The third-order valence-corrected chi connectivity index (χ3v) is 3.30. The molecule has 0 saturated heterocycles. The minimum Gasteiger partial charge on any atom is -0.468 e. The summed E-state index contributed by atoms with van der Waals surface area (Å²) in [5.41, 5.74) is 0.763. The summed E-state index contributed by atoms with van der Waals surface area (Å²) in [6.45, 7) is 1.23. The summed E-state index contributed by atoms with van der Waals surface area (Å²) in [5.74, 6) is 1.26. The Morgan fingerprint density at radius 3 is 2.82 bits per heavy atom. The summed E-state index contributed by atoms with van der Waals surface area (Å²) in [7, 11) is 1.67. The highest BCUT2D eigenvalue weighted by atomic mass is 19.4. The van der Waals surface area contributed by atoms with Crippen molar-refractivity contribution in [3.63, 3.8) is 0 Å². The molecule has 0 aliphatic heterocycles. The summed E-state index contributed by atoms with van der Waals surface area (Å²) in [6.07, 6.45) is -1.84. The fraction of sp³-hybridized carbons (Fsp3) is 0.571. The van der Waals surface area contributed by atoms with Crippen LogP contribution in [0.15, 0.2) is 23.3 Å². The topological polar surface area (TPSA) is 58.5 Å². The van der Waals surface area contributed by atoms with Gasteiger partial charge in [0.1, 0.15) is 0 Å².